The summed E-state index contributed by atoms with van der Waals surface area (Å²) >= 11 is 2.03. The predicted molar refractivity (Wildman–Crippen MR) is 80.3 cm³/mol. The maximum absolute atomic E-state index is 11.7. The van der Waals surface area contributed by atoms with Crippen LogP contribution in [0.1, 0.15) is 9.67 Å². The van der Waals surface area contributed by atoms with Gasteiger partial charge in [0.15, 0.2) is 11.1 Å². The number of nitrogens with one attached hydrogen (secondary N) is 2. The van der Waals surface area contributed by atoms with Crippen LogP contribution >= 0.6 is 23.1 Å². The van der Waals surface area contributed by atoms with Crippen LogP contribution in [0.15, 0.2) is 16.4 Å². The zero-order valence-electron chi connectivity index (χ0n) is 10.5. The van der Waals surface area contributed by atoms with E-state index < -0.39 is 5.97 Å². The summed E-state index contributed by atoms with van der Waals surface area (Å²) in [6.07, 6.45) is 0. The van der Waals surface area contributed by atoms with Gasteiger partial charge in [-0.15, -0.1) is 11.3 Å². The molecule has 0 bridgehead atoms. The van der Waals surface area contributed by atoms with Gasteiger partial charge in [0.2, 0.25) is 5.91 Å². The molecule has 1 aromatic rings. The number of amides is 1. The standard InChI is InChI=1S/C10H13N5O3S2/c1-18-8(17)7-5(2-3-19-7)14-6(16)4-20-10(13)15-9(11)12/h2-3H,4H2,1H3,(H,14,16)(H5,11,12,13,15). The van der Waals surface area contributed by atoms with Gasteiger partial charge in [-0.25, -0.2) is 4.79 Å². The van der Waals surface area contributed by atoms with E-state index in [2.05, 4.69) is 15.0 Å². The van der Waals surface area contributed by atoms with E-state index in [1.807, 2.05) is 0 Å². The van der Waals surface area contributed by atoms with Crippen LogP contribution in [-0.2, 0) is 9.53 Å². The van der Waals surface area contributed by atoms with E-state index in [1.165, 1.54) is 7.11 Å². The molecule has 0 aliphatic heterocycles. The third-order valence-corrected chi connectivity index (χ3v) is 3.55. The minimum absolute atomic E-state index is 0.0495. The number of rotatable bonds is 4. The topological polar surface area (TPSA) is 144 Å². The monoisotopic (exact) mass is 315 g/mol. The Balaban J connectivity index is 2.55. The molecule has 108 valence electrons. The number of hydrogen-bond acceptors (Lipinski definition) is 6. The molecule has 20 heavy (non-hydrogen) atoms. The molecule has 0 unspecified atom stereocenters. The van der Waals surface area contributed by atoms with Crippen molar-refractivity contribution in [1.29, 1.82) is 5.41 Å². The third-order valence-electron chi connectivity index (χ3n) is 1.88. The summed E-state index contributed by atoms with van der Waals surface area (Å²) in [6.45, 7) is 0. The van der Waals surface area contributed by atoms with Crippen molar-refractivity contribution >= 4 is 51.8 Å². The van der Waals surface area contributed by atoms with Crippen molar-refractivity contribution in [2.45, 2.75) is 0 Å². The van der Waals surface area contributed by atoms with Crippen molar-refractivity contribution in [1.82, 2.24) is 0 Å². The quantitative estimate of drug-likeness (QED) is 0.360. The molecule has 0 aromatic carbocycles. The molecule has 0 spiro atoms. The minimum Gasteiger partial charge on any atom is -0.465 e. The van der Waals surface area contributed by atoms with Crippen LogP contribution in [0.25, 0.3) is 0 Å². The van der Waals surface area contributed by atoms with Crippen molar-refractivity contribution in [2.24, 2.45) is 16.5 Å². The molecule has 0 radical (unpaired) electrons. The number of carbonyl (C=O) groups is 2. The van der Waals surface area contributed by atoms with Gasteiger partial charge in [0.25, 0.3) is 0 Å². The summed E-state index contributed by atoms with van der Waals surface area (Å²) in [5.41, 5.74) is 10.6. The Morgan fingerprint density at radius 3 is 2.85 bits per heavy atom. The molecule has 6 N–H and O–H groups in total. The summed E-state index contributed by atoms with van der Waals surface area (Å²) < 4.78 is 4.59. The lowest BCUT2D eigenvalue weighted by Crippen LogP contribution is -2.24. The molecule has 0 saturated carbocycles. The van der Waals surface area contributed by atoms with Gasteiger partial charge in [0, 0.05) is 0 Å². The van der Waals surface area contributed by atoms with Crippen molar-refractivity contribution in [3.05, 3.63) is 16.3 Å². The number of hydrogen-bond donors (Lipinski definition) is 4. The van der Waals surface area contributed by atoms with E-state index in [0.29, 0.717) is 10.6 Å². The molecule has 1 amide bonds. The zero-order chi connectivity index (χ0) is 15.1. The second kappa shape index (κ2) is 7.50. The molecule has 1 heterocycles. The highest BCUT2D eigenvalue weighted by atomic mass is 32.2. The van der Waals surface area contributed by atoms with Gasteiger partial charge in [-0.1, -0.05) is 11.8 Å². The normalized spacial score (nSPS) is 9.65. The van der Waals surface area contributed by atoms with Crippen molar-refractivity contribution in [3.8, 4) is 0 Å². The van der Waals surface area contributed by atoms with Gasteiger partial charge < -0.3 is 21.5 Å². The maximum atomic E-state index is 11.7. The molecule has 10 heteroatoms. The highest BCUT2D eigenvalue weighted by Crippen LogP contribution is 2.23. The van der Waals surface area contributed by atoms with Crippen molar-refractivity contribution < 1.29 is 14.3 Å². The van der Waals surface area contributed by atoms with Gasteiger partial charge in [0.1, 0.15) is 4.88 Å². The molecular formula is C10H13N5O3S2. The van der Waals surface area contributed by atoms with Gasteiger partial charge in [-0.3, -0.25) is 10.2 Å². The molecule has 0 aliphatic rings. The fourth-order valence-corrected chi connectivity index (χ4v) is 2.40. The molecule has 1 aromatic heterocycles. The maximum Gasteiger partial charge on any atom is 0.350 e. The fourth-order valence-electron chi connectivity index (χ4n) is 1.13. The first-order chi connectivity index (χ1) is 9.43. The number of amidine groups is 1. The van der Waals surface area contributed by atoms with Gasteiger partial charge in [-0.2, -0.15) is 4.99 Å². The highest BCUT2D eigenvalue weighted by Gasteiger charge is 2.15. The number of nitrogens with zero attached hydrogens (tertiary/aromatic N) is 1. The molecule has 0 saturated heterocycles. The lowest BCUT2D eigenvalue weighted by molar-refractivity contribution is -0.113. The largest absolute Gasteiger partial charge is 0.465 e. The smallest absolute Gasteiger partial charge is 0.350 e. The van der Waals surface area contributed by atoms with E-state index in [0.717, 1.165) is 23.1 Å². The van der Waals surface area contributed by atoms with Crippen molar-refractivity contribution in [2.75, 3.05) is 18.2 Å². The Labute approximate surface area is 123 Å². The Hall–Kier alpha value is -2.07. The average Bonchev–Trinajstić information content (AvgIpc) is 2.82. The van der Waals surface area contributed by atoms with Crippen LogP contribution in [0, 0.1) is 5.41 Å². The summed E-state index contributed by atoms with van der Waals surface area (Å²) in [4.78, 5) is 26.9. The number of ether oxygens (including phenoxy) is 1. The van der Waals surface area contributed by atoms with E-state index >= 15 is 0 Å². The van der Waals surface area contributed by atoms with Crippen LogP contribution in [0.5, 0.6) is 0 Å². The third kappa shape index (κ3) is 4.90. The number of methoxy groups -OCH3 is 1. The van der Waals surface area contributed by atoms with Crippen LogP contribution in [-0.4, -0.2) is 35.9 Å². The van der Waals surface area contributed by atoms with E-state index in [1.54, 1.807) is 11.4 Å². The number of anilines is 1. The Kier molecular flexibility index (Phi) is 6.00. The van der Waals surface area contributed by atoms with E-state index in [9.17, 15) is 9.59 Å². The number of esters is 1. The molecule has 0 aliphatic carbocycles. The Morgan fingerprint density at radius 1 is 1.55 bits per heavy atom. The summed E-state index contributed by atoms with van der Waals surface area (Å²) in [7, 11) is 1.26. The van der Waals surface area contributed by atoms with Gasteiger partial charge >= 0.3 is 5.97 Å². The average molecular weight is 315 g/mol. The zero-order valence-corrected chi connectivity index (χ0v) is 12.1. The second-order valence-electron chi connectivity index (χ2n) is 3.33. The van der Waals surface area contributed by atoms with Crippen molar-refractivity contribution in [3.63, 3.8) is 0 Å². The highest BCUT2D eigenvalue weighted by molar-refractivity contribution is 8.14. The van der Waals surface area contributed by atoms with Crippen LogP contribution in [0.2, 0.25) is 0 Å². The van der Waals surface area contributed by atoms with Gasteiger partial charge in [-0.05, 0) is 11.4 Å². The molecule has 0 fully saturated rings. The summed E-state index contributed by atoms with van der Waals surface area (Å²) in [5, 5.41) is 11.4. The minimum atomic E-state index is -0.517. The molecule has 0 atom stereocenters. The Morgan fingerprint density at radius 2 is 2.25 bits per heavy atom. The SMILES string of the molecule is COC(=O)c1sccc1NC(=O)CSC(=N)N=C(N)N. The fraction of sp³-hybridized carbons (Fsp3) is 0.200. The van der Waals surface area contributed by atoms with E-state index in [-0.39, 0.29) is 22.8 Å². The molecule has 8 nitrogen and oxygen atoms in total. The first-order valence-corrected chi connectivity index (χ1v) is 7.07. The number of aliphatic imine (C=N–C) groups is 1. The predicted octanol–water partition coefficient (Wildman–Crippen LogP) is 0.415. The number of thioether (sulfide) groups is 1. The number of nitrogens with two attached hydrogens (primary N) is 2. The summed E-state index contributed by atoms with van der Waals surface area (Å²) in [5.74, 6) is -1.19. The van der Waals surface area contributed by atoms with E-state index in [4.69, 9.17) is 16.9 Å². The number of guanidine groups is 1. The Bertz CT molecular complexity index is 551. The number of thiophene rings is 1. The second-order valence-corrected chi connectivity index (χ2v) is 5.21. The lowest BCUT2D eigenvalue weighted by Gasteiger charge is -2.04. The lowest BCUT2D eigenvalue weighted by atomic mass is 10.4. The van der Waals surface area contributed by atoms with Crippen LogP contribution < -0.4 is 16.8 Å². The van der Waals surface area contributed by atoms with Crippen LogP contribution in [0.3, 0.4) is 0 Å². The molecular weight excluding hydrogens is 302 g/mol. The molecule has 1 rings (SSSR count). The summed E-state index contributed by atoms with van der Waals surface area (Å²) in [6, 6.07) is 1.60. The van der Waals surface area contributed by atoms with Gasteiger partial charge in [0.05, 0.1) is 18.6 Å². The first kappa shape index (κ1) is 16.0. The first-order valence-electron chi connectivity index (χ1n) is 5.20. The number of carbonyl (C=O) groups excluding carboxylic acids is 2. The van der Waals surface area contributed by atoms with Crippen LogP contribution in [0.4, 0.5) is 5.69 Å².